The van der Waals surface area contributed by atoms with Gasteiger partial charge < -0.3 is 20.1 Å². The Balaban J connectivity index is 1.55. The summed E-state index contributed by atoms with van der Waals surface area (Å²) in [6.07, 6.45) is 3.98. The van der Waals surface area contributed by atoms with Gasteiger partial charge in [-0.2, -0.15) is 0 Å². The zero-order valence-electron chi connectivity index (χ0n) is 21.1. The van der Waals surface area contributed by atoms with Gasteiger partial charge in [0.25, 0.3) is 0 Å². The standard InChI is InChI=1S/C29H36O6/c1-16-11-22-27(33,24(16)31)14-19(15-30)12-21-23-26(4,5)28(23,13-17(2)29(21,22)34)35-25(32)18(3)20-9-7-6-8-10-20/h6-12,17-18,21-23,30,33-34H,13-15H2,1-5H3/t17-,18?,21+,22-,23-,27-,28+,29-/m1/s1. The first kappa shape index (κ1) is 24.4. The summed E-state index contributed by atoms with van der Waals surface area (Å²) in [6.45, 7) is 9.23. The maximum Gasteiger partial charge on any atom is 0.313 e. The number of rotatable bonds is 4. The molecule has 6 heteroatoms. The van der Waals surface area contributed by atoms with Crippen molar-refractivity contribution in [3.05, 3.63) is 59.2 Å². The number of ether oxygens (including phenoxy) is 1. The van der Waals surface area contributed by atoms with Gasteiger partial charge in [0, 0.05) is 29.6 Å². The molecule has 35 heavy (non-hydrogen) atoms. The summed E-state index contributed by atoms with van der Waals surface area (Å²) in [7, 11) is 0. The van der Waals surface area contributed by atoms with Crippen molar-refractivity contribution in [2.24, 2.45) is 29.1 Å². The highest BCUT2D eigenvalue weighted by atomic mass is 16.6. The summed E-state index contributed by atoms with van der Waals surface area (Å²) >= 11 is 0. The average Bonchev–Trinajstić information content (AvgIpc) is 3.23. The summed E-state index contributed by atoms with van der Waals surface area (Å²) in [5.41, 5.74) is -2.55. The molecule has 4 aliphatic carbocycles. The number of carbonyl (C=O) groups is 2. The first-order chi connectivity index (χ1) is 16.3. The van der Waals surface area contributed by atoms with E-state index in [4.69, 9.17) is 4.74 Å². The van der Waals surface area contributed by atoms with Crippen LogP contribution in [0.4, 0.5) is 0 Å². The van der Waals surface area contributed by atoms with E-state index in [1.807, 2.05) is 50.3 Å². The maximum absolute atomic E-state index is 13.4. The molecule has 0 radical (unpaired) electrons. The Kier molecular flexibility index (Phi) is 5.31. The highest BCUT2D eigenvalue weighted by Crippen LogP contribution is 2.76. The normalized spacial score (nSPS) is 42.0. The van der Waals surface area contributed by atoms with Crippen molar-refractivity contribution in [2.45, 2.75) is 70.2 Å². The van der Waals surface area contributed by atoms with E-state index < -0.39 is 45.8 Å². The van der Waals surface area contributed by atoms with E-state index in [9.17, 15) is 24.9 Å². The highest BCUT2D eigenvalue weighted by molar-refractivity contribution is 6.04. The van der Waals surface area contributed by atoms with E-state index in [1.54, 1.807) is 13.0 Å². The van der Waals surface area contributed by atoms with Crippen molar-refractivity contribution in [3.63, 3.8) is 0 Å². The lowest BCUT2D eigenvalue weighted by Gasteiger charge is -2.50. The van der Waals surface area contributed by atoms with Crippen LogP contribution in [0.15, 0.2) is 53.6 Å². The summed E-state index contributed by atoms with van der Waals surface area (Å²) in [5.74, 6) is -2.98. The highest BCUT2D eigenvalue weighted by Gasteiger charge is 2.83. The number of Topliss-reactive ketones (excluding diaryl/α,β-unsaturated/α-hetero) is 1. The molecule has 3 N–H and O–H groups in total. The van der Waals surface area contributed by atoms with Crippen LogP contribution >= 0.6 is 0 Å². The van der Waals surface area contributed by atoms with Crippen LogP contribution in [0.5, 0.6) is 0 Å². The van der Waals surface area contributed by atoms with E-state index in [1.165, 1.54) is 0 Å². The number of carbonyl (C=O) groups excluding carboxylic acids is 2. The van der Waals surface area contributed by atoms with Gasteiger partial charge in [0.2, 0.25) is 0 Å². The van der Waals surface area contributed by atoms with Crippen molar-refractivity contribution in [1.82, 2.24) is 0 Å². The summed E-state index contributed by atoms with van der Waals surface area (Å²) in [6, 6.07) is 9.53. The Morgan fingerprint density at radius 3 is 2.46 bits per heavy atom. The lowest BCUT2D eigenvalue weighted by molar-refractivity contribution is -0.187. The van der Waals surface area contributed by atoms with Crippen molar-refractivity contribution < 1.29 is 29.6 Å². The molecule has 0 aliphatic heterocycles. The van der Waals surface area contributed by atoms with E-state index in [-0.39, 0.29) is 30.8 Å². The minimum atomic E-state index is -1.78. The van der Waals surface area contributed by atoms with E-state index in [0.29, 0.717) is 17.6 Å². The van der Waals surface area contributed by atoms with Crippen LogP contribution in [0.25, 0.3) is 0 Å². The first-order valence-corrected chi connectivity index (χ1v) is 12.6. The zero-order chi connectivity index (χ0) is 25.6. The molecule has 0 aromatic heterocycles. The SMILES string of the molecule is CC1=C[C@H]2[C@@]3(O)[C@H](C)C[C@]4(OC(=O)C(C)c5ccccc5)[C@H]([C@@H]3C=C(CO)C[C@]2(O)C1=O)C4(C)C. The fourth-order valence-corrected chi connectivity index (χ4v) is 7.74. The molecule has 1 unspecified atom stereocenters. The van der Waals surface area contributed by atoms with E-state index >= 15 is 0 Å². The molecule has 6 nitrogen and oxygen atoms in total. The van der Waals surface area contributed by atoms with Gasteiger partial charge in [-0.05, 0) is 42.9 Å². The van der Waals surface area contributed by atoms with E-state index in [2.05, 4.69) is 13.8 Å². The number of hydrogen-bond acceptors (Lipinski definition) is 6. The lowest BCUT2D eigenvalue weighted by atomic mass is 9.60. The van der Waals surface area contributed by atoms with Crippen LogP contribution in [0.1, 0.15) is 58.9 Å². The first-order valence-electron chi connectivity index (χ1n) is 12.6. The van der Waals surface area contributed by atoms with Crippen LogP contribution in [0, 0.1) is 29.1 Å². The van der Waals surface area contributed by atoms with Gasteiger partial charge in [-0.3, -0.25) is 9.59 Å². The number of ketones is 1. The quantitative estimate of drug-likeness (QED) is 0.451. The molecule has 2 fully saturated rings. The number of esters is 1. The predicted octanol–water partition coefficient (Wildman–Crippen LogP) is 3.31. The molecule has 1 aromatic rings. The van der Waals surface area contributed by atoms with Gasteiger partial charge in [-0.25, -0.2) is 0 Å². The fourth-order valence-electron chi connectivity index (χ4n) is 7.74. The van der Waals surface area contributed by atoms with Gasteiger partial charge in [0.15, 0.2) is 5.78 Å². The third-order valence-corrected chi connectivity index (χ3v) is 9.81. The molecule has 0 heterocycles. The van der Waals surface area contributed by atoms with Crippen molar-refractivity contribution in [2.75, 3.05) is 6.61 Å². The molecule has 188 valence electrons. The van der Waals surface area contributed by atoms with Crippen LogP contribution in [-0.4, -0.2) is 50.5 Å². The lowest BCUT2D eigenvalue weighted by Crippen LogP contribution is -2.61. The van der Waals surface area contributed by atoms with Crippen LogP contribution in [0.2, 0.25) is 0 Å². The van der Waals surface area contributed by atoms with Gasteiger partial charge >= 0.3 is 5.97 Å². The number of aliphatic hydroxyl groups excluding tert-OH is 1. The van der Waals surface area contributed by atoms with Gasteiger partial charge in [0.1, 0.15) is 11.2 Å². The fraction of sp³-hybridized carbons (Fsp3) is 0.586. The Morgan fingerprint density at radius 1 is 1.17 bits per heavy atom. The van der Waals surface area contributed by atoms with Crippen LogP contribution in [0.3, 0.4) is 0 Å². The number of aliphatic hydroxyl groups is 3. The summed E-state index contributed by atoms with van der Waals surface area (Å²) in [4.78, 5) is 26.4. The molecule has 8 atom stereocenters. The van der Waals surface area contributed by atoms with E-state index in [0.717, 1.165) is 5.56 Å². The zero-order valence-corrected chi connectivity index (χ0v) is 21.1. The third kappa shape index (κ3) is 3.06. The predicted molar refractivity (Wildman–Crippen MR) is 130 cm³/mol. The van der Waals surface area contributed by atoms with Crippen molar-refractivity contribution >= 4 is 11.8 Å². The maximum atomic E-state index is 13.4. The molecule has 1 aromatic carbocycles. The van der Waals surface area contributed by atoms with Gasteiger partial charge in [-0.1, -0.05) is 63.3 Å². The minimum Gasteiger partial charge on any atom is -0.458 e. The van der Waals surface area contributed by atoms with Gasteiger partial charge in [-0.15, -0.1) is 0 Å². The van der Waals surface area contributed by atoms with Crippen LogP contribution < -0.4 is 0 Å². The minimum absolute atomic E-state index is 0.0165. The molecule has 2 saturated carbocycles. The monoisotopic (exact) mass is 480 g/mol. The molecule has 0 spiro atoms. The largest absolute Gasteiger partial charge is 0.458 e. The molecule has 0 saturated heterocycles. The number of hydrogen-bond donors (Lipinski definition) is 3. The Bertz CT molecular complexity index is 1140. The van der Waals surface area contributed by atoms with Gasteiger partial charge in [0.05, 0.1) is 18.1 Å². The van der Waals surface area contributed by atoms with Crippen molar-refractivity contribution in [1.29, 1.82) is 0 Å². The molecule has 5 rings (SSSR count). The Labute approximate surface area is 206 Å². The smallest absolute Gasteiger partial charge is 0.313 e. The molecule has 0 bridgehead atoms. The number of fused-ring (bicyclic) bond motifs is 5. The van der Waals surface area contributed by atoms with Crippen LogP contribution in [-0.2, 0) is 14.3 Å². The molecular formula is C29H36O6. The topological polar surface area (TPSA) is 104 Å². The molecule has 0 amide bonds. The number of benzene rings is 1. The average molecular weight is 481 g/mol. The summed E-state index contributed by atoms with van der Waals surface area (Å²) < 4.78 is 6.35. The third-order valence-electron chi connectivity index (χ3n) is 9.81. The molecular weight excluding hydrogens is 444 g/mol. The molecule has 4 aliphatic rings. The Hall–Kier alpha value is -2.28. The second-order valence-electron chi connectivity index (χ2n) is 11.9. The Morgan fingerprint density at radius 2 is 1.83 bits per heavy atom. The van der Waals surface area contributed by atoms with Crippen molar-refractivity contribution in [3.8, 4) is 0 Å². The summed E-state index contributed by atoms with van der Waals surface area (Å²) in [5, 5.41) is 34.1. The second-order valence-corrected chi connectivity index (χ2v) is 11.9. The second kappa shape index (κ2) is 7.61.